The predicted molar refractivity (Wildman–Crippen MR) is 141 cm³/mol. The Kier molecular flexibility index (Phi) is 11.3. The number of nitrogens with zero attached hydrogens (tertiary/aromatic N) is 1. The maximum atomic E-state index is 13.6. The van der Waals surface area contributed by atoms with Gasteiger partial charge in [0, 0.05) is 31.4 Å². The van der Waals surface area contributed by atoms with Crippen molar-refractivity contribution < 1.29 is 34.5 Å². The summed E-state index contributed by atoms with van der Waals surface area (Å²) in [7, 11) is 0. The summed E-state index contributed by atoms with van der Waals surface area (Å²) >= 11 is 0. The van der Waals surface area contributed by atoms with Crippen molar-refractivity contribution in [2.45, 2.75) is 83.5 Å². The minimum atomic E-state index is -0.977. The van der Waals surface area contributed by atoms with Crippen LogP contribution in [-0.4, -0.2) is 75.2 Å². The van der Waals surface area contributed by atoms with E-state index >= 15 is 0 Å². The Hall–Kier alpha value is -3.42. The highest BCUT2D eigenvalue weighted by Crippen LogP contribution is 2.27. The summed E-state index contributed by atoms with van der Waals surface area (Å²) in [5.41, 5.74) is 0.610. The van der Waals surface area contributed by atoms with Crippen molar-refractivity contribution >= 4 is 23.7 Å². The maximum Gasteiger partial charge on any atom is 0.303 e. The normalized spacial score (nSPS) is 18.8. The second kappa shape index (κ2) is 13.9. The van der Waals surface area contributed by atoms with Gasteiger partial charge in [0.25, 0.3) is 0 Å². The van der Waals surface area contributed by atoms with Crippen molar-refractivity contribution in [3.8, 4) is 12.3 Å². The number of carboxylic acid groups (broad SMARTS) is 1. The van der Waals surface area contributed by atoms with Gasteiger partial charge in [-0.2, -0.15) is 0 Å². The third-order valence-corrected chi connectivity index (χ3v) is 6.56. The zero-order chi connectivity index (χ0) is 28.5. The Labute approximate surface area is 223 Å². The molecule has 1 aliphatic rings. The molecule has 5 N–H and O–H groups in total. The van der Waals surface area contributed by atoms with Crippen molar-refractivity contribution in [1.29, 1.82) is 0 Å². The highest BCUT2D eigenvalue weighted by atomic mass is 16.4. The van der Waals surface area contributed by atoms with Crippen molar-refractivity contribution in [1.82, 2.24) is 15.5 Å². The highest BCUT2D eigenvalue weighted by molar-refractivity contribution is 5.93. The minimum absolute atomic E-state index is 0.0279. The zero-order valence-corrected chi connectivity index (χ0v) is 22.3. The number of carbonyl (C=O) groups excluding carboxylic acids is 3. The van der Waals surface area contributed by atoms with Crippen LogP contribution in [0.4, 0.5) is 0 Å². The van der Waals surface area contributed by atoms with Gasteiger partial charge in [0.15, 0.2) is 0 Å². The number of benzene rings is 1. The number of nitrogens with one attached hydrogen (secondary N) is 2. The molecule has 1 saturated heterocycles. The first-order valence-electron chi connectivity index (χ1n) is 12.8. The van der Waals surface area contributed by atoms with E-state index in [2.05, 4.69) is 16.6 Å². The summed E-state index contributed by atoms with van der Waals surface area (Å²) in [6.45, 7) is 4.95. The van der Waals surface area contributed by atoms with Gasteiger partial charge in [-0.25, -0.2) is 0 Å². The van der Waals surface area contributed by atoms with Crippen LogP contribution < -0.4 is 10.6 Å². The molecule has 0 aromatic heterocycles. The van der Waals surface area contributed by atoms with E-state index in [0.29, 0.717) is 30.4 Å². The van der Waals surface area contributed by atoms with Crippen molar-refractivity contribution in [2.24, 2.45) is 5.41 Å². The molecule has 0 aliphatic carbocycles. The van der Waals surface area contributed by atoms with Crippen LogP contribution in [0.1, 0.15) is 76.5 Å². The van der Waals surface area contributed by atoms with Gasteiger partial charge in [0.2, 0.25) is 17.7 Å². The van der Waals surface area contributed by atoms with Crippen LogP contribution >= 0.6 is 0 Å². The lowest BCUT2D eigenvalue weighted by Gasteiger charge is -2.35. The lowest BCUT2D eigenvalue weighted by atomic mass is 9.85. The topological polar surface area (TPSA) is 156 Å². The molecule has 1 heterocycles. The van der Waals surface area contributed by atoms with Crippen LogP contribution in [0.3, 0.4) is 0 Å². The Morgan fingerprint density at radius 2 is 1.71 bits per heavy atom. The van der Waals surface area contributed by atoms with Crippen molar-refractivity contribution in [3.63, 3.8) is 0 Å². The molecule has 1 aromatic rings. The maximum absolute atomic E-state index is 13.6. The number of aliphatic hydroxyl groups excluding tert-OH is 2. The molecule has 0 radical (unpaired) electrons. The van der Waals surface area contributed by atoms with Gasteiger partial charge in [-0.3, -0.25) is 19.2 Å². The van der Waals surface area contributed by atoms with E-state index in [1.807, 2.05) is 0 Å². The molecule has 38 heavy (non-hydrogen) atoms. The summed E-state index contributed by atoms with van der Waals surface area (Å²) in [4.78, 5) is 51.4. The molecule has 4 atom stereocenters. The first-order valence-corrected chi connectivity index (χ1v) is 12.8. The molecule has 1 unspecified atom stereocenters. The smallest absolute Gasteiger partial charge is 0.303 e. The fraction of sp³-hybridized carbons (Fsp3) is 0.571. The molecule has 1 fully saturated rings. The molecule has 0 bridgehead atoms. The number of carbonyl (C=O) groups is 4. The summed E-state index contributed by atoms with van der Waals surface area (Å²) < 4.78 is 0. The zero-order valence-electron chi connectivity index (χ0n) is 22.3. The molecule has 10 heteroatoms. The van der Waals surface area contributed by atoms with Crippen LogP contribution in [0.25, 0.3) is 0 Å². The summed E-state index contributed by atoms with van der Waals surface area (Å²) in [6.07, 6.45) is 6.21. The molecule has 1 aliphatic heterocycles. The number of rotatable bonds is 12. The second-order valence-electron chi connectivity index (χ2n) is 10.7. The predicted octanol–water partition coefficient (Wildman–Crippen LogP) is 1.35. The van der Waals surface area contributed by atoms with Gasteiger partial charge in [-0.1, -0.05) is 45.2 Å². The van der Waals surface area contributed by atoms with E-state index in [0.717, 1.165) is 0 Å². The monoisotopic (exact) mass is 529 g/mol. The third kappa shape index (κ3) is 8.85. The standard InChI is InChI=1S/C28H39N3O7/c1-5-18-11-13-19(14-12-18)21(17-32)29-26(37)22-15-20(33)16-31(22)27(38)25(28(2,3)4)30-23(34)9-7-6-8-10-24(35)36/h1,11-14,20-22,25,32-33H,6-10,15-17H2,2-4H3,(H,29,37)(H,30,34)(H,35,36)/t20-,21+,22+,25?/m1/s1. The van der Waals surface area contributed by atoms with Crippen LogP contribution in [0.2, 0.25) is 0 Å². The van der Waals surface area contributed by atoms with Gasteiger partial charge in [0.05, 0.1) is 18.8 Å². The largest absolute Gasteiger partial charge is 0.481 e. The van der Waals surface area contributed by atoms with Gasteiger partial charge in [-0.15, -0.1) is 6.42 Å². The first kappa shape index (κ1) is 30.8. The number of hydrogen-bond acceptors (Lipinski definition) is 6. The van der Waals surface area contributed by atoms with Gasteiger partial charge in [0.1, 0.15) is 12.1 Å². The first-order chi connectivity index (χ1) is 17.9. The Bertz CT molecular complexity index is 1030. The van der Waals surface area contributed by atoms with Crippen LogP contribution in [-0.2, 0) is 19.2 Å². The van der Waals surface area contributed by atoms with Gasteiger partial charge in [-0.05, 0) is 36.0 Å². The van der Waals surface area contributed by atoms with Crippen LogP contribution in [0.15, 0.2) is 24.3 Å². The summed E-state index contributed by atoms with van der Waals surface area (Å²) in [6, 6.07) is 4.15. The molecule has 0 saturated carbocycles. The lowest BCUT2D eigenvalue weighted by Crippen LogP contribution is -2.58. The lowest BCUT2D eigenvalue weighted by molar-refractivity contribution is -0.144. The number of terminal acetylenes is 1. The number of carboxylic acids is 1. The fourth-order valence-electron chi connectivity index (χ4n) is 4.41. The minimum Gasteiger partial charge on any atom is -0.481 e. The van der Waals surface area contributed by atoms with E-state index in [1.165, 1.54) is 4.90 Å². The number of unbranched alkanes of at least 4 members (excludes halogenated alkanes) is 2. The quantitative estimate of drug-likeness (QED) is 0.202. The van der Waals surface area contributed by atoms with Crippen molar-refractivity contribution in [2.75, 3.05) is 13.2 Å². The number of aliphatic carboxylic acids is 1. The molecule has 10 nitrogen and oxygen atoms in total. The summed E-state index contributed by atoms with van der Waals surface area (Å²) in [5.74, 6) is 0.278. The Balaban J connectivity index is 2.10. The number of amides is 3. The summed E-state index contributed by atoms with van der Waals surface area (Å²) in [5, 5.41) is 34.5. The number of aliphatic hydroxyl groups is 2. The van der Waals surface area contributed by atoms with E-state index in [1.54, 1.807) is 45.0 Å². The molecule has 0 spiro atoms. The molecule has 208 valence electrons. The van der Waals surface area contributed by atoms with Gasteiger partial charge >= 0.3 is 5.97 Å². The van der Waals surface area contributed by atoms with E-state index in [4.69, 9.17) is 11.5 Å². The second-order valence-corrected chi connectivity index (χ2v) is 10.7. The van der Waals surface area contributed by atoms with E-state index < -0.39 is 47.4 Å². The average molecular weight is 530 g/mol. The molecular weight excluding hydrogens is 490 g/mol. The molecule has 3 amide bonds. The number of likely N-dealkylation sites (tertiary alicyclic amines) is 1. The molecule has 2 rings (SSSR count). The fourth-order valence-corrected chi connectivity index (χ4v) is 4.41. The SMILES string of the molecule is C#Cc1ccc([C@H](CO)NC(=O)[C@@H]2C[C@@H](O)CN2C(=O)C(NC(=O)CCCCCC(=O)O)C(C)(C)C)cc1. The molecule has 1 aromatic carbocycles. The number of hydrogen-bond donors (Lipinski definition) is 5. The number of β-amino-alcohol motifs (C(OH)–C–C–N with tert-alkyl or cyclic N) is 1. The van der Waals surface area contributed by atoms with Crippen LogP contribution in [0, 0.1) is 17.8 Å². The highest BCUT2D eigenvalue weighted by Gasteiger charge is 2.44. The van der Waals surface area contributed by atoms with E-state index in [9.17, 15) is 29.4 Å². The molecular formula is C28H39N3O7. The van der Waals surface area contributed by atoms with E-state index in [-0.39, 0.29) is 38.3 Å². The van der Waals surface area contributed by atoms with Crippen molar-refractivity contribution in [3.05, 3.63) is 35.4 Å². The van der Waals surface area contributed by atoms with Crippen LogP contribution in [0.5, 0.6) is 0 Å². The third-order valence-electron chi connectivity index (χ3n) is 6.56. The Morgan fingerprint density at radius 3 is 2.26 bits per heavy atom. The van der Waals surface area contributed by atoms with Gasteiger partial charge < -0.3 is 30.9 Å². The Morgan fingerprint density at radius 1 is 1.08 bits per heavy atom. The average Bonchev–Trinajstić information content (AvgIpc) is 3.26.